The van der Waals surface area contributed by atoms with Crippen LogP contribution in [0.25, 0.3) is 0 Å². The summed E-state index contributed by atoms with van der Waals surface area (Å²) < 4.78 is 4.73. The van der Waals surface area contributed by atoms with Gasteiger partial charge in [0.25, 0.3) is 0 Å². The minimum absolute atomic E-state index is 0.235. The number of hydrogen-bond acceptors (Lipinski definition) is 4. The average molecular weight is 361 g/mol. The van der Waals surface area contributed by atoms with Crippen LogP contribution in [0.4, 0.5) is 10.5 Å². The molecule has 0 radical (unpaired) electrons. The molecule has 1 aliphatic rings. The average Bonchev–Trinajstić information content (AvgIpc) is 2.45. The summed E-state index contributed by atoms with van der Waals surface area (Å²) in [5.41, 5.74) is 1.02. The molecule has 1 amide bonds. The predicted molar refractivity (Wildman–Crippen MR) is 77.5 cm³/mol. The summed E-state index contributed by atoms with van der Waals surface area (Å²) >= 11 is 1.64. The smallest absolute Gasteiger partial charge is 0.383 e. The number of nitrogens with zero attached hydrogens (tertiary/aromatic N) is 2. The van der Waals surface area contributed by atoms with Crippen LogP contribution in [0.5, 0.6) is 0 Å². The second-order valence-corrected chi connectivity index (χ2v) is 4.86. The van der Waals surface area contributed by atoms with Gasteiger partial charge in [0.05, 0.1) is 5.69 Å². The Balaban J connectivity index is 1.81. The summed E-state index contributed by atoms with van der Waals surface area (Å²) in [6.07, 6.45) is 5.49. The van der Waals surface area contributed by atoms with E-state index in [9.17, 15) is 4.79 Å². The highest BCUT2D eigenvalue weighted by molar-refractivity contribution is 14.1. The second-order valence-electron chi connectivity index (χ2n) is 4.42. The van der Waals surface area contributed by atoms with Crippen molar-refractivity contribution in [3.05, 3.63) is 24.5 Å². The van der Waals surface area contributed by atoms with Gasteiger partial charge in [-0.1, -0.05) is 0 Å². The standard InChI is InChI=1S/C12H16IN3O2/c13-18-12(17)16-6-2-3-10(9-16)7-15-11-4-1-5-14-8-11/h1,4-5,8,10,15H,2-3,6-7,9H2. The van der Waals surface area contributed by atoms with Crippen molar-refractivity contribution in [1.29, 1.82) is 0 Å². The van der Waals surface area contributed by atoms with Crippen molar-refractivity contribution in [3.8, 4) is 0 Å². The molecule has 0 spiro atoms. The number of carbonyl (C=O) groups is 1. The lowest BCUT2D eigenvalue weighted by Gasteiger charge is -2.31. The number of nitrogens with one attached hydrogen (secondary N) is 1. The Morgan fingerprint density at radius 3 is 3.28 bits per heavy atom. The van der Waals surface area contributed by atoms with Crippen LogP contribution in [0.3, 0.4) is 0 Å². The summed E-state index contributed by atoms with van der Waals surface area (Å²) in [5, 5.41) is 3.35. The minimum Gasteiger partial charge on any atom is -0.383 e. The van der Waals surface area contributed by atoms with E-state index >= 15 is 0 Å². The Labute approximate surface area is 121 Å². The molecular formula is C12H16IN3O2. The van der Waals surface area contributed by atoms with E-state index in [2.05, 4.69) is 10.3 Å². The topological polar surface area (TPSA) is 54.5 Å². The summed E-state index contributed by atoms with van der Waals surface area (Å²) in [5.74, 6) is 0.467. The molecule has 1 aliphatic heterocycles. The maximum atomic E-state index is 11.5. The first-order valence-electron chi connectivity index (χ1n) is 6.01. The van der Waals surface area contributed by atoms with Gasteiger partial charge in [0, 0.05) is 32.0 Å². The molecule has 1 atom stereocenters. The maximum absolute atomic E-state index is 11.5. The Hall–Kier alpha value is -1.05. The fourth-order valence-electron chi connectivity index (χ4n) is 2.18. The van der Waals surface area contributed by atoms with Crippen LogP contribution in [-0.4, -0.2) is 35.6 Å². The SMILES string of the molecule is O=C(OI)N1CCCC(CNc2cccnc2)C1. The Kier molecular flexibility index (Phi) is 5.03. The van der Waals surface area contributed by atoms with Crippen LogP contribution >= 0.6 is 23.0 Å². The molecule has 0 aliphatic carbocycles. The molecule has 0 saturated carbocycles. The van der Waals surface area contributed by atoms with E-state index in [0.29, 0.717) is 5.92 Å². The Morgan fingerprint density at radius 2 is 2.56 bits per heavy atom. The van der Waals surface area contributed by atoms with Crippen molar-refractivity contribution in [2.75, 3.05) is 25.0 Å². The van der Waals surface area contributed by atoms with Crippen molar-refractivity contribution >= 4 is 34.8 Å². The quantitative estimate of drug-likeness (QED) is 0.842. The summed E-state index contributed by atoms with van der Waals surface area (Å²) in [6.45, 7) is 2.41. The van der Waals surface area contributed by atoms with E-state index in [1.165, 1.54) is 0 Å². The third-order valence-electron chi connectivity index (χ3n) is 3.10. The monoisotopic (exact) mass is 361 g/mol. The lowest BCUT2D eigenvalue weighted by molar-refractivity contribution is 0.141. The van der Waals surface area contributed by atoms with Crippen LogP contribution in [-0.2, 0) is 3.07 Å². The van der Waals surface area contributed by atoms with Crippen molar-refractivity contribution in [2.24, 2.45) is 5.92 Å². The first kappa shape index (κ1) is 13.4. The minimum atomic E-state index is -0.235. The fraction of sp³-hybridized carbons (Fsp3) is 0.500. The van der Waals surface area contributed by atoms with E-state index in [4.69, 9.17) is 3.07 Å². The molecule has 1 aromatic rings. The van der Waals surface area contributed by atoms with Crippen molar-refractivity contribution in [1.82, 2.24) is 9.88 Å². The molecule has 18 heavy (non-hydrogen) atoms. The molecule has 0 bridgehead atoms. The fourth-order valence-corrected chi connectivity index (χ4v) is 2.45. The normalized spacial score (nSPS) is 19.4. The zero-order valence-electron chi connectivity index (χ0n) is 10.0. The van der Waals surface area contributed by atoms with Crippen molar-refractivity contribution in [2.45, 2.75) is 12.8 Å². The Bertz CT molecular complexity index is 388. The molecule has 1 aromatic heterocycles. The molecular weight excluding hydrogens is 345 g/mol. The van der Waals surface area contributed by atoms with E-state index in [-0.39, 0.29) is 6.09 Å². The molecule has 1 N–H and O–H groups in total. The molecule has 0 aromatic carbocycles. The number of aromatic nitrogens is 1. The van der Waals surface area contributed by atoms with Crippen molar-refractivity contribution < 1.29 is 7.86 Å². The third-order valence-corrected chi connectivity index (χ3v) is 3.48. The van der Waals surface area contributed by atoms with Crippen molar-refractivity contribution in [3.63, 3.8) is 0 Å². The number of piperidine rings is 1. The van der Waals surface area contributed by atoms with Crippen LogP contribution < -0.4 is 5.32 Å². The van der Waals surface area contributed by atoms with Gasteiger partial charge in [-0.2, -0.15) is 0 Å². The summed E-state index contributed by atoms with van der Waals surface area (Å²) in [4.78, 5) is 17.3. The molecule has 1 unspecified atom stereocenters. The van der Waals surface area contributed by atoms with Crippen LogP contribution in [0.1, 0.15) is 12.8 Å². The molecule has 1 saturated heterocycles. The molecule has 1 fully saturated rings. The van der Waals surface area contributed by atoms with Gasteiger partial charge >= 0.3 is 6.09 Å². The Morgan fingerprint density at radius 1 is 1.67 bits per heavy atom. The zero-order valence-corrected chi connectivity index (χ0v) is 12.2. The summed E-state index contributed by atoms with van der Waals surface area (Å²) in [7, 11) is 0. The number of likely N-dealkylation sites (tertiary alicyclic amines) is 1. The van der Waals surface area contributed by atoms with Crippen LogP contribution in [0, 0.1) is 5.92 Å². The largest absolute Gasteiger partial charge is 0.419 e. The van der Waals surface area contributed by atoms with E-state index in [1.807, 2.05) is 12.1 Å². The highest BCUT2D eigenvalue weighted by Crippen LogP contribution is 2.18. The van der Waals surface area contributed by atoms with Gasteiger partial charge in [-0.05, 0) is 30.9 Å². The lowest BCUT2D eigenvalue weighted by atomic mass is 9.98. The van der Waals surface area contributed by atoms with Gasteiger partial charge < -0.3 is 13.3 Å². The molecule has 2 heterocycles. The maximum Gasteiger partial charge on any atom is 0.419 e. The molecule has 6 heteroatoms. The first-order valence-corrected chi connectivity index (χ1v) is 6.89. The van der Waals surface area contributed by atoms with Gasteiger partial charge in [0.2, 0.25) is 0 Å². The highest BCUT2D eigenvalue weighted by atomic mass is 127. The number of rotatable bonds is 3. The van der Waals surface area contributed by atoms with Gasteiger partial charge in [0.15, 0.2) is 23.0 Å². The predicted octanol–water partition coefficient (Wildman–Crippen LogP) is 2.69. The van der Waals surface area contributed by atoms with Crippen LogP contribution in [0.2, 0.25) is 0 Å². The van der Waals surface area contributed by atoms with Gasteiger partial charge in [-0.3, -0.25) is 4.98 Å². The molecule has 98 valence electrons. The lowest BCUT2D eigenvalue weighted by Crippen LogP contribution is -2.41. The zero-order chi connectivity index (χ0) is 12.8. The first-order chi connectivity index (χ1) is 8.79. The number of anilines is 1. The van der Waals surface area contributed by atoms with Gasteiger partial charge in [-0.25, -0.2) is 4.79 Å². The van der Waals surface area contributed by atoms with E-state index in [1.54, 1.807) is 40.3 Å². The van der Waals surface area contributed by atoms with E-state index < -0.39 is 0 Å². The number of pyridine rings is 1. The second kappa shape index (κ2) is 6.77. The van der Waals surface area contributed by atoms with Gasteiger partial charge in [-0.15, -0.1) is 0 Å². The number of carbonyl (C=O) groups excluding carboxylic acids is 1. The van der Waals surface area contributed by atoms with Gasteiger partial charge in [0.1, 0.15) is 0 Å². The van der Waals surface area contributed by atoms with E-state index in [0.717, 1.165) is 38.2 Å². The molecule has 2 rings (SSSR count). The highest BCUT2D eigenvalue weighted by Gasteiger charge is 2.24. The number of halogens is 1. The third kappa shape index (κ3) is 3.72. The number of hydrogen-bond donors (Lipinski definition) is 1. The number of amides is 1. The van der Waals surface area contributed by atoms with Crippen LogP contribution in [0.15, 0.2) is 24.5 Å². The molecule has 5 nitrogen and oxygen atoms in total. The summed E-state index contributed by atoms with van der Waals surface area (Å²) in [6, 6.07) is 3.90.